The van der Waals surface area contributed by atoms with Crippen molar-refractivity contribution in [3.8, 4) is 0 Å². The molecule has 3 N–H and O–H groups in total. The highest BCUT2D eigenvalue weighted by Crippen LogP contribution is 2.20. The average Bonchev–Trinajstić information content (AvgIpc) is 2.53. The molecule has 0 aliphatic carbocycles. The van der Waals surface area contributed by atoms with Crippen molar-refractivity contribution < 1.29 is 4.79 Å². The van der Waals surface area contributed by atoms with Gasteiger partial charge in [0.2, 0.25) is 5.91 Å². The van der Waals surface area contributed by atoms with Gasteiger partial charge in [0.1, 0.15) is 0 Å². The number of aromatic amines is 2. The van der Waals surface area contributed by atoms with E-state index < -0.39 is 16.5 Å². The third kappa shape index (κ3) is 4.82. The minimum absolute atomic E-state index is 0.0712. The van der Waals surface area contributed by atoms with Gasteiger partial charge in [-0.3, -0.25) is 14.6 Å². The van der Waals surface area contributed by atoms with E-state index in [4.69, 9.17) is 0 Å². The molecule has 1 amide bonds. The number of H-pyrrole nitrogens is 2. The summed E-state index contributed by atoms with van der Waals surface area (Å²) in [6.07, 6.45) is 0.532. The fourth-order valence-electron chi connectivity index (χ4n) is 1.88. The molecule has 0 radical (unpaired) electrons. The Bertz CT molecular complexity index is 782. The van der Waals surface area contributed by atoms with Gasteiger partial charge in [-0.25, -0.2) is 9.89 Å². The van der Waals surface area contributed by atoms with Crippen molar-refractivity contribution in [2.75, 3.05) is 0 Å². The Morgan fingerprint density at radius 3 is 2.61 bits per heavy atom. The standard InChI is InChI=1S/C15H18N4O3S/c1-3-11(23-14-13(21)17-15(22)19-18-14)12(20)16-8-10-6-4-9(2)5-7-10/h4-7,11H,3,8H2,1-2H3,(H,16,20)(H2,17,19,21,22)/t11-/m0/s1. The number of nitrogens with zero attached hydrogens (tertiary/aromatic N) is 1. The second kappa shape index (κ2) is 7.77. The molecule has 1 atom stereocenters. The van der Waals surface area contributed by atoms with Gasteiger partial charge >= 0.3 is 5.69 Å². The number of hydrogen-bond acceptors (Lipinski definition) is 5. The highest BCUT2D eigenvalue weighted by atomic mass is 32.2. The Kier molecular flexibility index (Phi) is 5.75. The number of carbonyl (C=O) groups excluding carboxylic acids is 1. The molecule has 2 aromatic rings. The lowest BCUT2D eigenvalue weighted by Gasteiger charge is -2.13. The van der Waals surface area contributed by atoms with Crippen LogP contribution in [0.4, 0.5) is 0 Å². The van der Waals surface area contributed by atoms with E-state index in [1.165, 1.54) is 0 Å². The van der Waals surface area contributed by atoms with Crippen LogP contribution in [-0.2, 0) is 11.3 Å². The van der Waals surface area contributed by atoms with Crippen molar-refractivity contribution in [2.45, 2.75) is 37.1 Å². The molecule has 1 aromatic carbocycles. The second-order valence-corrected chi connectivity index (χ2v) is 6.22. The maximum Gasteiger partial charge on any atom is 0.342 e. The number of carbonyl (C=O) groups is 1. The van der Waals surface area contributed by atoms with Crippen LogP contribution in [0.3, 0.4) is 0 Å². The van der Waals surface area contributed by atoms with Gasteiger partial charge < -0.3 is 5.32 Å². The lowest BCUT2D eigenvalue weighted by atomic mass is 10.1. The molecule has 0 saturated heterocycles. The van der Waals surface area contributed by atoms with Crippen molar-refractivity contribution in [2.24, 2.45) is 0 Å². The normalized spacial score (nSPS) is 11.9. The first-order chi connectivity index (χ1) is 11.0. The van der Waals surface area contributed by atoms with Crippen LogP contribution >= 0.6 is 11.8 Å². The summed E-state index contributed by atoms with van der Waals surface area (Å²) in [5.41, 5.74) is 0.897. The zero-order valence-electron chi connectivity index (χ0n) is 12.9. The number of rotatable bonds is 6. The van der Waals surface area contributed by atoms with E-state index in [0.717, 1.165) is 22.9 Å². The summed E-state index contributed by atoms with van der Waals surface area (Å²) < 4.78 is 0. The smallest absolute Gasteiger partial charge is 0.342 e. The summed E-state index contributed by atoms with van der Waals surface area (Å²) >= 11 is 1.03. The van der Waals surface area contributed by atoms with E-state index in [-0.39, 0.29) is 10.9 Å². The van der Waals surface area contributed by atoms with Gasteiger partial charge in [-0.05, 0) is 18.9 Å². The molecule has 0 spiro atoms. The topological polar surface area (TPSA) is 108 Å². The van der Waals surface area contributed by atoms with Crippen molar-refractivity contribution >= 4 is 17.7 Å². The predicted octanol–water partition coefficient (Wildman–Crippen LogP) is 0.954. The molecule has 23 heavy (non-hydrogen) atoms. The summed E-state index contributed by atoms with van der Waals surface area (Å²) in [4.78, 5) is 36.9. The Balaban J connectivity index is 1.99. The largest absolute Gasteiger partial charge is 0.351 e. The van der Waals surface area contributed by atoms with Gasteiger partial charge in [0.05, 0.1) is 5.25 Å². The minimum atomic E-state index is -0.670. The van der Waals surface area contributed by atoms with Crippen molar-refractivity contribution in [1.29, 1.82) is 0 Å². The molecule has 0 aliphatic rings. The van der Waals surface area contributed by atoms with Gasteiger partial charge in [-0.2, -0.15) is 5.10 Å². The first-order valence-electron chi connectivity index (χ1n) is 7.18. The molecule has 0 saturated carbocycles. The predicted molar refractivity (Wildman–Crippen MR) is 88.4 cm³/mol. The van der Waals surface area contributed by atoms with Gasteiger partial charge in [-0.15, -0.1) is 0 Å². The summed E-state index contributed by atoms with van der Waals surface area (Å²) in [7, 11) is 0. The Labute approximate surface area is 136 Å². The SMILES string of the molecule is CC[C@H](Sc1n[nH]c(=O)[nH]c1=O)C(=O)NCc1ccc(C)cc1. The number of aromatic nitrogens is 3. The molecule has 0 fully saturated rings. The Hall–Kier alpha value is -2.35. The van der Waals surface area contributed by atoms with Crippen LogP contribution < -0.4 is 16.6 Å². The van der Waals surface area contributed by atoms with Crippen molar-refractivity contribution in [3.63, 3.8) is 0 Å². The van der Waals surface area contributed by atoms with Crippen molar-refractivity contribution in [1.82, 2.24) is 20.5 Å². The van der Waals surface area contributed by atoms with E-state index in [2.05, 4.69) is 20.5 Å². The quantitative estimate of drug-likeness (QED) is 0.682. The molecule has 0 bridgehead atoms. The van der Waals surface area contributed by atoms with Crippen LogP contribution in [0.15, 0.2) is 38.9 Å². The number of nitrogens with one attached hydrogen (secondary N) is 3. The molecule has 8 heteroatoms. The molecule has 1 heterocycles. The molecule has 2 rings (SSSR count). The van der Waals surface area contributed by atoms with Crippen LogP contribution in [-0.4, -0.2) is 26.3 Å². The van der Waals surface area contributed by atoms with Crippen LogP contribution in [0.5, 0.6) is 0 Å². The van der Waals surface area contributed by atoms with Gasteiger partial charge in [0.25, 0.3) is 5.56 Å². The Morgan fingerprint density at radius 1 is 1.30 bits per heavy atom. The number of benzene rings is 1. The highest BCUT2D eigenvalue weighted by molar-refractivity contribution is 8.00. The fraction of sp³-hybridized carbons (Fsp3) is 0.333. The highest BCUT2D eigenvalue weighted by Gasteiger charge is 2.20. The lowest BCUT2D eigenvalue weighted by molar-refractivity contribution is -0.120. The second-order valence-electron chi connectivity index (χ2n) is 5.03. The lowest BCUT2D eigenvalue weighted by Crippen LogP contribution is -2.33. The zero-order valence-corrected chi connectivity index (χ0v) is 13.7. The van der Waals surface area contributed by atoms with Crippen LogP contribution in [0.25, 0.3) is 0 Å². The Morgan fingerprint density at radius 2 is 2.00 bits per heavy atom. The molecular formula is C15H18N4O3S. The molecule has 1 aromatic heterocycles. The molecule has 7 nitrogen and oxygen atoms in total. The first kappa shape index (κ1) is 17.0. The van der Waals surface area contributed by atoms with Gasteiger partial charge in [-0.1, -0.05) is 48.5 Å². The summed E-state index contributed by atoms with van der Waals surface area (Å²) in [6.45, 7) is 4.27. The number of aryl methyl sites for hydroxylation is 1. The van der Waals surface area contributed by atoms with Gasteiger partial charge in [0.15, 0.2) is 5.03 Å². The first-order valence-corrected chi connectivity index (χ1v) is 8.06. The van der Waals surface area contributed by atoms with Crippen LogP contribution in [0.2, 0.25) is 0 Å². The number of amides is 1. The van der Waals surface area contributed by atoms with Crippen molar-refractivity contribution in [3.05, 3.63) is 56.2 Å². The van der Waals surface area contributed by atoms with E-state index >= 15 is 0 Å². The molecule has 122 valence electrons. The summed E-state index contributed by atoms with van der Waals surface area (Å²) in [5, 5.41) is 8.30. The monoisotopic (exact) mass is 334 g/mol. The fourth-order valence-corrected chi connectivity index (χ4v) is 2.77. The van der Waals surface area contributed by atoms with Gasteiger partial charge in [0, 0.05) is 6.54 Å². The third-order valence-corrected chi connectivity index (χ3v) is 4.52. The molecular weight excluding hydrogens is 316 g/mol. The van der Waals surface area contributed by atoms with E-state index in [0.29, 0.717) is 13.0 Å². The third-order valence-electron chi connectivity index (χ3n) is 3.18. The molecule has 0 unspecified atom stereocenters. The van der Waals surface area contributed by atoms with Crippen LogP contribution in [0, 0.1) is 6.92 Å². The summed E-state index contributed by atoms with van der Waals surface area (Å²) in [6, 6.07) is 7.88. The minimum Gasteiger partial charge on any atom is -0.351 e. The maximum absolute atomic E-state index is 12.3. The number of hydrogen-bond donors (Lipinski definition) is 3. The zero-order chi connectivity index (χ0) is 16.8. The van der Waals surface area contributed by atoms with E-state index in [1.807, 2.05) is 38.1 Å². The van der Waals surface area contributed by atoms with E-state index in [9.17, 15) is 14.4 Å². The van der Waals surface area contributed by atoms with Crippen LogP contribution in [0.1, 0.15) is 24.5 Å². The number of thioether (sulfide) groups is 1. The summed E-state index contributed by atoms with van der Waals surface area (Å²) in [5.74, 6) is -0.175. The molecule has 0 aliphatic heterocycles. The maximum atomic E-state index is 12.3. The average molecular weight is 334 g/mol. The van der Waals surface area contributed by atoms with E-state index in [1.54, 1.807) is 0 Å².